The molecule has 3 aromatic rings. The molecule has 7 heteroatoms. The van der Waals surface area contributed by atoms with Crippen molar-refractivity contribution < 1.29 is 19.1 Å². The number of hydrogen-bond acceptors (Lipinski definition) is 5. The largest absolute Gasteiger partial charge is 0.464 e. The third-order valence-corrected chi connectivity index (χ3v) is 4.10. The van der Waals surface area contributed by atoms with Crippen LogP contribution in [0.1, 0.15) is 32.1 Å². The molecule has 0 saturated carbocycles. The minimum absolute atomic E-state index is 0.207. The van der Waals surface area contributed by atoms with Gasteiger partial charge in [-0.25, -0.2) is 9.78 Å². The Bertz CT molecular complexity index is 977. The fourth-order valence-corrected chi connectivity index (χ4v) is 2.42. The van der Waals surface area contributed by atoms with E-state index < -0.39 is 11.9 Å². The number of esters is 1. The molecule has 2 aromatic heterocycles. The number of pyridine rings is 1. The highest BCUT2D eigenvalue weighted by molar-refractivity contribution is 6.04. The smallest absolute Gasteiger partial charge is 0.354 e. The normalized spacial score (nSPS) is 10.3. The lowest BCUT2D eigenvalue weighted by atomic mass is 10.1. The van der Waals surface area contributed by atoms with Gasteiger partial charge in [-0.05, 0) is 49.2 Å². The van der Waals surface area contributed by atoms with Gasteiger partial charge in [-0.1, -0.05) is 12.1 Å². The molecule has 0 radical (unpaired) electrons. The lowest BCUT2D eigenvalue weighted by molar-refractivity contribution is 0.0595. The molecule has 0 aliphatic rings. The van der Waals surface area contributed by atoms with Gasteiger partial charge >= 0.3 is 5.97 Å². The molecular formula is C20H19N3O4. The summed E-state index contributed by atoms with van der Waals surface area (Å²) in [5.41, 5.74) is 3.13. The summed E-state index contributed by atoms with van der Waals surface area (Å²) in [5, 5.41) is 2.70. The maximum absolute atomic E-state index is 12.2. The van der Waals surface area contributed by atoms with Crippen molar-refractivity contribution >= 4 is 17.6 Å². The number of aryl methyl sites for hydroxylation is 1. The van der Waals surface area contributed by atoms with E-state index in [0.717, 1.165) is 16.9 Å². The van der Waals surface area contributed by atoms with Crippen LogP contribution in [0.2, 0.25) is 0 Å². The number of hydrogen-bond donors (Lipinski definition) is 2. The Kier molecular flexibility index (Phi) is 5.21. The van der Waals surface area contributed by atoms with Crippen LogP contribution in [0.4, 0.5) is 5.69 Å². The van der Waals surface area contributed by atoms with Crippen LogP contribution < -0.4 is 10.1 Å². The summed E-state index contributed by atoms with van der Waals surface area (Å²) in [6.07, 6.45) is 1.50. The van der Waals surface area contributed by atoms with Gasteiger partial charge in [0.25, 0.3) is 5.91 Å². The second kappa shape index (κ2) is 7.74. The molecule has 0 atom stereocenters. The first-order valence-corrected chi connectivity index (χ1v) is 8.26. The van der Waals surface area contributed by atoms with Gasteiger partial charge in [-0.3, -0.25) is 4.79 Å². The number of ether oxygens (including phenoxy) is 2. The predicted octanol–water partition coefficient (Wildman–Crippen LogP) is 3.86. The lowest BCUT2D eigenvalue weighted by Gasteiger charge is -2.10. The molecule has 0 saturated heterocycles. The Hall–Kier alpha value is -3.61. The van der Waals surface area contributed by atoms with Gasteiger partial charge in [-0.15, -0.1) is 0 Å². The van der Waals surface area contributed by atoms with Crippen LogP contribution in [0.25, 0.3) is 0 Å². The molecule has 2 heterocycles. The number of aromatic amines is 1. The van der Waals surface area contributed by atoms with Crippen molar-refractivity contribution in [3.63, 3.8) is 0 Å². The number of methoxy groups -OCH3 is 1. The fraction of sp³-hybridized carbons (Fsp3) is 0.150. The van der Waals surface area contributed by atoms with Crippen molar-refractivity contribution in [1.29, 1.82) is 0 Å². The molecule has 138 valence electrons. The quantitative estimate of drug-likeness (QED) is 0.670. The molecule has 3 rings (SSSR count). The Morgan fingerprint density at radius 3 is 2.52 bits per heavy atom. The topological polar surface area (TPSA) is 93.3 Å². The second-order valence-electron chi connectivity index (χ2n) is 5.92. The lowest BCUT2D eigenvalue weighted by Crippen LogP contribution is -2.13. The van der Waals surface area contributed by atoms with Crippen LogP contribution in [0.3, 0.4) is 0 Å². The summed E-state index contributed by atoms with van der Waals surface area (Å²) in [4.78, 5) is 30.6. The van der Waals surface area contributed by atoms with Crippen LogP contribution in [-0.2, 0) is 4.74 Å². The molecule has 2 N–H and O–H groups in total. The summed E-state index contributed by atoms with van der Waals surface area (Å²) in [7, 11) is 1.27. The monoisotopic (exact) mass is 365 g/mol. The molecule has 1 aromatic carbocycles. The maximum atomic E-state index is 12.2. The van der Waals surface area contributed by atoms with E-state index in [2.05, 4.69) is 20.0 Å². The summed E-state index contributed by atoms with van der Waals surface area (Å²) >= 11 is 0. The first kappa shape index (κ1) is 18.2. The minimum Gasteiger partial charge on any atom is -0.464 e. The zero-order chi connectivity index (χ0) is 19.4. The van der Waals surface area contributed by atoms with Gasteiger partial charge in [0.1, 0.15) is 17.1 Å². The Morgan fingerprint density at radius 2 is 1.81 bits per heavy atom. The number of amides is 1. The van der Waals surface area contributed by atoms with E-state index in [9.17, 15) is 9.59 Å². The van der Waals surface area contributed by atoms with Crippen molar-refractivity contribution in [2.75, 3.05) is 12.4 Å². The maximum Gasteiger partial charge on any atom is 0.354 e. The number of anilines is 1. The first-order valence-electron chi connectivity index (χ1n) is 8.26. The molecular weight excluding hydrogens is 346 g/mol. The molecule has 7 nitrogen and oxygen atoms in total. The zero-order valence-corrected chi connectivity index (χ0v) is 15.2. The van der Waals surface area contributed by atoms with Gasteiger partial charge in [0.2, 0.25) is 5.88 Å². The van der Waals surface area contributed by atoms with Crippen molar-refractivity contribution in [3.8, 4) is 11.6 Å². The van der Waals surface area contributed by atoms with E-state index >= 15 is 0 Å². The summed E-state index contributed by atoms with van der Waals surface area (Å²) in [6.45, 7) is 4.00. The Morgan fingerprint density at radius 1 is 1.04 bits per heavy atom. The van der Waals surface area contributed by atoms with E-state index in [0.29, 0.717) is 11.6 Å². The van der Waals surface area contributed by atoms with Crippen molar-refractivity contribution in [2.45, 2.75) is 13.8 Å². The van der Waals surface area contributed by atoms with E-state index in [1.165, 1.54) is 25.4 Å². The van der Waals surface area contributed by atoms with Crippen molar-refractivity contribution in [3.05, 3.63) is 71.2 Å². The standard InChI is InChI=1S/C20H19N3O4/c1-12-5-4-6-17(13(12)2)27-18-10-7-14(11-21-18)22-19(24)15-8-9-16(23-15)20(25)26-3/h4-11,23H,1-3H3,(H,22,24). The highest BCUT2D eigenvalue weighted by atomic mass is 16.5. The van der Waals surface area contributed by atoms with Gasteiger partial charge in [0, 0.05) is 6.07 Å². The number of nitrogens with zero attached hydrogens (tertiary/aromatic N) is 1. The van der Waals surface area contributed by atoms with Gasteiger partial charge < -0.3 is 19.8 Å². The molecule has 0 bridgehead atoms. The average Bonchev–Trinajstić information content (AvgIpc) is 3.17. The van der Waals surface area contributed by atoms with Gasteiger partial charge in [-0.2, -0.15) is 0 Å². The van der Waals surface area contributed by atoms with Crippen LogP contribution in [0, 0.1) is 13.8 Å². The fourth-order valence-electron chi connectivity index (χ4n) is 2.42. The zero-order valence-electron chi connectivity index (χ0n) is 15.2. The second-order valence-corrected chi connectivity index (χ2v) is 5.92. The van der Waals surface area contributed by atoms with Crippen molar-refractivity contribution in [1.82, 2.24) is 9.97 Å². The first-order chi connectivity index (χ1) is 13.0. The van der Waals surface area contributed by atoms with Crippen LogP contribution >= 0.6 is 0 Å². The highest BCUT2D eigenvalue weighted by Crippen LogP contribution is 2.26. The summed E-state index contributed by atoms with van der Waals surface area (Å²) < 4.78 is 10.4. The van der Waals surface area contributed by atoms with Crippen molar-refractivity contribution in [2.24, 2.45) is 0 Å². The molecule has 0 aliphatic carbocycles. The number of carbonyl (C=O) groups is 2. The van der Waals surface area contributed by atoms with Gasteiger partial charge in [0.05, 0.1) is 19.0 Å². The predicted molar refractivity (Wildman–Crippen MR) is 100 cm³/mol. The third-order valence-electron chi connectivity index (χ3n) is 4.10. The van der Waals surface area contributed by atoms with Crippen LogP contribution in [0.15, 0.2) is 48.7 Å². The number of carbonyl (C=O) groups excluding carboxylic acids is 2. The Labute approximate surface area is 156 Å². The van der Waals surface area contributed by atoms with Gasteiger partial charge in [0.15, 0.2) is 0 Å². The Balaban J connectivity index is 1.67. The van der Waals surface area contributed by atoms with Crippen LogP contribution in [-0.4, -0.2) is 29.0 Å². The number of rotatable bonds is 5. The molecule has 0 fully saturated rings. The van der Waals surface area contributed by atoms with E-state index in [1.807, 2.05) is 32.0 Å². The average molecular weight is 365 g/mol. The number of aromatic nitrogens is 2. The van der Waals surface area contributed by atoms with Crippen LogP contribution in [0.5, 0.6) is 11.6 Å². The number of benzene rings is 1. The molecule has 0 unspecified atom stereocenters. The third kappa shape index (κ3) is 4.14. The molecule has 27 heavy (non-hydrogen) atoms. The molecule has 1 amide bonds. The summed E-state index contributed by atoms with van der Waals surface area (Å²) in [5.74, 6) is 0.231. The highest BCUT2D eigenvalue weighted by Gasteiger charge is 2.13. The van der Waals surface area contributed by atoms with E-state index in [4.69, 9.17) is 4.74 Å². The number of nitrogens with one attached hydrogen (secondary N) is 2. The molecule has 0 aliphatic heterocycles. The molecule has 0 spiro atoms. The van der Waals surface area contributed by atoms with E-state index in [-0.39, 0.29) is 11.4 Å². The van der Waals surface area contributed by atoms with E-state index in [1.54, 1.807) is 12.1 Å². The summed E-state index contributed by atoms with van der Waals surface area (Å²) in [6, 6.07) is 12.2. The SMILES string of the molecule is COC(=O)c1ccc(C(=O)Nc2ccc(Oc3cccc(C)c3C)nc2)[nH]1. The minimum atomic E-state index is -0.538. The number of H-pyrrole nitrogens is 1.